The Bertz CT molecular complexity index is 2130. The fraction of sp³-hybridized carbons (Fsp3) is 0.412. The summed E-state index contributed by atoms with van der Waals surface area (Å²) in [4.78, 5) is 32.0. The van der Waals surface area contributed by atoms with Gasteiger partial charge < -0.3 is 15.4 Å². The van der Waals surface area contributed by atoms with Gasteiger partial charge in [0.2, 0.25) is 0 Å². The Morgan fingerprint density at radius 1 is 1.07 bits per heavy atom. The van der Waals surface area contributed by atoms with Crippen LogP contribution in [0.25, 0.3) is 16.8 Å². The quantitative estimate of drug-likeness (QED) is 0.131. The van der Waals surface area contributed by atoms with Gasteiger partial charge in [-0.05, 0) is 54.0 Å². The molecule has 2 aromatic heterocycles. The van der Waals surface area contributed by atoms with Gasteiger partial charge in [-0.3, -0.25) is 15.1 Å². The number of aromatic nitrogens is 5. The van der Waals surface area contributed by atoms with E-state index in [1.54, 1.807) is 20.8 Å². The molecule has 6 rings (SSSR count). The first-order chi connectivity index (χ1) is 25.7. The number of nitrogens with one attached hydrogen (secondary N) is 3. The van der Waals surface area contributed by atoms with E-state index in [-0.39, 0.29) is 39.4 Å². The lowest BCUT2D eigenvalue weighted by molar-refractivity contribution is -0.164. The van der Waals surface area contributed by atoms with Gasteiger partial charge in [-0.1, -0.05) is 50.6 Å². The summed E-state index contributed by atoms with van der Waals surface area (Å²) in [5.41, 5.74) is -5.41. The summed E-state index contributed by atoms with van der Waals surface area (Å²) >= 11 is 6.37. The van der Waals surface area contributed by atoms with Crippen molar-refractivity contribution in [2.45, 2.75) is 76.3 Å². The molecule has 3 N–H and O–H groups in total. The molecule has 0 bridgehead atoms. The third-order valence-corrected chi connectivity index (χ3v) is 9.51. The number of ether oxygens (including phenoxy) is 1. The van der Waals surface area contributed by atoms with Crippen LogP contribution < -0.4 is 10.6 Å². The number of guanidine groups is 1. The maximum Gasteiger partial charge on any atom is 0.411 e. The molecule has 2 atom stereocenters. The Morgan fingerprint density at radius 2 is 1.78 bits per heavy atom. The number of amides is 2. The number of halogens is 9. The van der Waals surface area contributed by atoms with Crippen molar-refractivity contribution in [1.29, 1.82) is 5.41 Å². The predicted molar refractivity (Wildman–Crippen MR) is 179 cm³/mol. The van der Waals surface area contributed by atoms with E-state index < -0.39 is 90.7 Å². The lowest BCUT2D eigenvalue weighted by atomic mass is 9.75. The second-order valence-electron chi connectivity index (χ2n) is 14.3. The lowest BCUT2D eigenvalue weighted by Crippen LogP contribution is -2.49. The van der Waals surface area contributed by atoms with Crippen molar-refractivity contribution in [2.24, 2.45) is 5.41 Å². The van der Waals surface area contributed by atoms with Crippen LogP contribution in [-0.4, -0.2) is 65.7 Å². The minimum Gasteiger partial charge on any atom is -0.447 e. The fourth-order valence-electron chi connectivity index (χ4n) is 6.54. The highest BCUT2D eigenvalue weighted by molar-refractivity contribution is 6.32. The van der Waals surface area contributed by atoms with Crippen molar-refractivity contribution < 1.29 is 49.4 Å². The van der Waals surface area contributed by atoms with Crippen LogP contribution in [0.3, 0.4) is 0 Å². The largest absolute Gasteiger partial charge is 0.447 e. The zero-order valence-corrected chi connectivity index (χ0v) is 29.8. The van der Waals surface area contributed by atoms with Crippen LogP contribution in [0, 0.1) is 16.6 Å². The molecule has 1 saturated heterocycles. The van der Waals surface area contributed by atoms with Gasteiger partial charge in [-0.15, -0.1) is 0 Å². The van der Waals surface area contributed by atoms with Gasteiger partial charge in [-0.25, -0.2) is 32.3 Å². The molecule has 2 aromatic carbocycles. The molecule has 2 amide bonds. The van der Waals surface area contributed by atoms with Gasteiger partial charge in [0.15, 0.2) is 11.8 Å². The molecule has 1 aliphatic carbocycles. The van der Waals surface area contributed by atoms with E-state index in [9.17, 15) is 40.3 Å². The number of hydrogen-bond donors (Lipinski definition) is 3. The Morgan fingerprint density at radius 3 is 2.36 bits per heavy atom. The summed E-state index contributed by atoms with van der Waals surface area (Å²) in [6.07, 6.45) is -7.37. The maximum absolute atomic E-state index is 16.3. The summed E-state index contributed by atoms with van der Waals surface area (Å²) < 4.78 is 118. The van der Waals surface area contributed by atoms with E-state index in [0.717, 1.165) is 34.4 Å². The zero-order valence-electron chi connectivity index (χ0n) is 29.1. The fourth-order valence-corrected chi connectivity index (χ4v) is 6.74. The van der Waals surface area contributed by atoms with Crippen molar-refractivity contribution in [3.05, 3.63) is 82.9 Å². The Balaban J connectivity index is 1.42. The van der Waals surface area contributed by atoms with Crippen molar-refractivity contribution in [2.75, 3.05) is 6.61 Å². The molecule has 21 heteroatoms. The summed E-state index contributed by atoms with van der Waals surface area (Å²) in [6.45, 7) is 1.39. The van der Waals surface area contributed by atoms with E-state index in [2.05, 4.69) is 20.5 Å². The summed E-state index contributed by atoms with van der Waals surface area (Å²) in [5.74, 6) is -3.34. The molecule has 12 nitrogen and oxygen atoms in total. The average Bonchev–Trinajstić information content (AvgIpc) is 3.40. The first-order valence-corrected chi connectivity index (χ1v) is 16.9. The van der Waals surface area contributed by atoms with Crippen molar-refractivity contribution in [1.82, 2.24) is 40.1 Å². The number of alkyl halides is 7. The number of hydrogen-bond acceptors (Lipinski definition) is 7. The lowest BCUT2D eigenvalue weighted by Gasteiger charge is -2.35. The summed E-state index contributed by atoms with van der Waals surface area (Å²) in [7, 11) is 0. The Kier molecular flexibility index (Phi) is 10.1. The van der Waals surface area contributed by atoms with Crippen molar-refractivity contribution >= 4 is 29.6 Å². The van der Waals surface area contributed by atoms with Crippen molar-refractivity contribution in [3.63, 3.8) is 0 Å². The second-order valence-corrected chi connectivity index (χ2v) is 14.7. The average molecular weight is 802 g/mol. The van der Waals surface area contributed by atoms with Gasteiger partial charge in [0.25, 0.3) is 12.3 Å². The van der Waals surface area contributed by atoms with Gasteiger partial charge in [-0.2, -0.15) is 32.1 Å². The molecule has 0 radical (unpaired) electrons. The number of carbonyl (C=O) groups is 2. The number of benzene rings is 2. The molecule has 1 aliphatic heterocycles. The molecule has 3 heterocycles. The highest BCUT2D eigenvalue weighted by atomic mass is 35.5. The zero-order chi connectivity index (χ0) is 40.2. The number of alkyl carbamates (subject to hydrolysis) is 1. The topological polar surface area (TPSA) is 143 Å². The van der Waals surface area contributed by atoms with Crippen LogP contribution in [0.2, 0.25) is 5.02 Å². The van der Waals surface area contributed by atoms with Crippen LogP contribution >= 0.6 is 11.6 Å². The summed E-state index contributed by atoms with van der Waals surface area (Å²) in [6, 6.07) is 5.85. The van der Waals surface area contributed by atoms with Gasteiger partial charge in [0.1, 0.15) is 29.8 Å². The van der Waals surface area contributed by atoms with Gasteiger partial charge in [0, 0.05) is 17.3 Å². The first kappa shape index (κ1) is 39.4. The normalized spacial score (nSPS) is 18.9. The van der Waals surface area contributed by atoms with Crippen LogP contribution in [0.1, 0.15) is 76.0 Å². The molecule has 2 fully saturated rings. The molecule has 0 spiro atoms. The molecule has 2 aliphatic rings. The second kappa shape index (κ2) is 14.1. The SMILES string of the molecule is CC(C)(C)C[C@]1(c2ccc(-c3cnn(C(F)F)c3)cc2F)NC(=N)N([C@H](COC(=O)NC2(C(F)(F)F)CC2)c2ccc(Cl)c(-n3ncnc3C(F)F)c2)C1=O. The molecule has 0 unspecified atom stereocenters. The van der Waals surface area contributed by atoms with Crippen molar-refractivity contribution in [3.8, 4) is 16.8 Å². The number of rotatable bonds is 11. The Labute approximate surface area is 312 Å². The van der Waals surface area contributed by atoms with E-state index in [1.807, 2.05) is 5.32 Å². The maximum atomic E-state index is 16.3. The van der Waals surface area contributed by atoms with Crippen LogP contribution in [0.15, 0.2) is 55.1 Å². The number of nitrogens with zero attached hydrogens (tertiary/aromatic N) is 6. The van der Waals surface area contributed by atoms with Gasteiger partial charge in [0.05, 0.1) is 22.9 Å². The van der Waals surface area contributed by atoms with E-state index in [0.29, 0.717) is 4.68 Å². The molecule has 4 aromatic rings. The van der Waals surface area contributed by atoms with E-state index in [1.165, 1.54) is 30.3 Å². The van der Waals surface area contributed by atoms with E-state index >= 15 is 4.39 Å². The molecular weight excluding hydrogens is 770 g/mol. The van der Waals surface area contributed by atoms with Crippen LogP contribution in [-0.2, 0) is 15.1 Å². The molecule has 1 saturated carbocycles. The van der Waals surface area contributed by atoms with Crippen LogP contribution in [0.5, 0.6) is 0 Å². The predicted octanol–water partition coefficient (Wildman–Crippen LogP) is 7.82. The molecule has 55 heavy (non-hydrogen) atoms. The smallest absolute Gasteiger partial charge is 0.411 e. The summed E-state index contributed by atoms with van der Waals surface area (Å²) in [5, 5.41) is 20.9. The monoisotopic (exact) mass is 801 g/mol. The highest BCUT2D eigenvalue weighted by Gasteiger charge is 2.65. The number of carbonyl (C=O) groups excluding carboxylic acids is 2. The Hall–Kier alpha value is -5.27. The van der Waals surface area contributed by atoms with Crippen LogP contribution in [0.4, 0.5) is 39.9 Å². The van der Waals surface area contributed by atoms with Gasteiger partial charge >= 0.3 is 18.8 Å². The minimum atomic E-state index is -4.79. The molecular formula is C34H32ClF8N9O3. The standard InChI is InChI=1S/C34H32ClF8N9O3/c1-31(2,3)15-33(20-6-4-17(10-22(20)36)19-12-46-50(13-19)28(39)40)27(53)51(29(44)48-33)24(14-55-30(54)49-32(8-9-32)34(41,42)43)18-5-7-21(35)23(11-18)52-26(25(37)38)45-16-47-52/h4-7,10-13,16,24-25,28H,8-9,14-15H2,1-3H3,(H2,44,48)(H,49,54)/t24-,33-/m1/s1. The molecule has 294 valence electrons. The highest BCUT2D eigenvalue weighted by Crippen LogP contribution is 2.49. The van der Waals surface area contributed by atoms with E-state index in [4.69, 9.17) is 21.7 Å². The minimum absolute atomic E-state index is 0.00167. The third-order valence-electron chi connectivity index (χ3n) is 9.19. The third kappa shape index (κ3) is 7.55. The first-order valence-electron chi connectivity index (χ1n) is 16.5.